The van der Waals surface area contributed by atoms with E-state index in [4.69, 9.17) is 5.11 Å². The van der Waals surface area contributed by atoms with E-state index in [-0.39, 0.29) is 11.8 Å². The molecule has 1 amide bonds. The van der Waals surface area contributed by atoms with Gasteiger partial charge in [-0.25, -0.2) is 0 Å². The van der Waals surface area contributed by atoms with E-state index in [0.29, 0.717) is 13.0 Å². The number of carbonyl (C=O) groups excluding carboxylic acids is 1. The maximum Gasteiger partial charge on any atom is 0.307 e. The summed E-state index contributed by atoms with van der Waals surface area (Å²) in [6.45, 7) is 3.33. The number of carboxylic acid groups (broad SMARTS) is 1. The van der Waals surface area contributed by atoms with E-state index in [1.807, 2.05) is 0 Å². The number of nitrogens with zero attached hydrogens (tertiary/aromatic N) is 1. The highest BCUT2D eigenvalue weighted by Gasteiger charge is 2.48. The number of rotatable bonds is 5. The van der Waals surface area contributed by atoms with Crippen LogP contribution in [0.2, 0.25) is 0 Å². The van der Waals surface area contributed by atoms with Crippen LogP contribution in [0.15, 0.2) is 24.3 Å². The monoisotopic (exact) mass is 288 g/mol. The maximum absolute atomic E-state index is 11.8. The molecule has 1 aliphatic carbocycles. The average molecular weight is 288 g/mol. The molecule has 1 heterocycles. The minimum atomic E-state index is -0.859. The van der Waals surface area contributed by atoms with Crippen LogP contribution in [0, 0.1) is 11.8 Å². The van der Waals surface area contributed by atoms with Crippen molar-refractivity contribution in [1.29, 1.82) is 0 Å². The summed E-state index contributed by atoms with van der Waals surface area (Å²) in [7, 11) is 0. The Labute approximate surface area is 123 Å². The van der Waals surface area contributed by atoms with E-state index >= 15 is 0 Å². The number of aliphatic carboxylic acids is 1. The normalized spacial score (nSPS) is 24.2. The molecule has 0 spiro atoms. The molecule has 0 aromatic heterocycles. The third-order valence-corrected chi connectivity index (χ3v) is 4.38. The molecule has 0 radical (unpaired) electrons. The predicted octanol–water partition coefficient (Wildman–Crippen LogP) is 0.882. The number of benzene rings is 1. The SMILES string of the molecule is O=C(O)C1CC1C(=O)NCCN1CCc2ccccc2C1. The van der Waals surface area contributed by atoms with Crippen molar-refractivity contribution < 1.29 is 14.7 Å². The Kier molecular flexibility index (Phi) is 3.92. The second-order valence-corrected chi connectivity index (χ2v) is 5.87. The van der Waals surface area contributed by atoms with E-state index in [1.54, 1.807) is 0 Å². The molecule has 0 bridgehead atoms. The van der Waals surface area contributed by atoms with Crippen LogP contribution < -0.4 is 5.32 Å². The lowest BCUT2D eigenvalue weighted by molar-refractivity contribution is -0.140. The molecule has 1 fully saturated rings. The van der Waals surface area contributed by atoms with Crippen LogP contribution in [-0.2, 0) is 22.6 Å². The fourth-order valence-electron chi connectivity index (χ4n) is 2.97. The fraction of sp³-hybridized carbons (Fsp3) is 0.500. The van der Waals surface area contributed by atoms with Crippen molar-refractivity contribution in [2.75, 3.05) is 19.6 Å². The van der Waals surface area contributed by atoms with Gasteiger partial charge in [-0.05, 0) is 24.0 Å². The van der Waals surface area contributed by atoms with Crippen LogP contribution >= 0.6 is 0 Å². The van der Waals surface area contributed by atoms with E-state index in [9.17, 15) is 9.59 Å². The third kappa shape index (κ3) is 3.24. The lowest BCUT2D eigenvalue weighted by atomic mass is 10.00. The summed E-state index contributed by atoms with van der Waals surface area (Å²) in [5, 5.41) is 11.7. The molecular weight excluding hydrogens is 268 g/mol. The molecule has 1 aromatic carbocycles. The molecule has 1 saturated carbocycles. The number of carboxylic acids is 1. The standard InChI is InChI=1S/C16H20N2O3/c19-15(13-9-14(13)16(20)21)17-6-8-18-7-5-11-3-1-2-4-12(11)10-18/h1-4,13-14H,5-10H2,(H,17,19)(H,20,21). The molecule has 3 rings (SSSR count). The van der Waals surface area contributed by atoms with Crippen LogP contribution in [0.1, 0.15) is 17.5 Å². The van der Waals surface area contributed by atoms with Gasteiger partial charge in [0.05, 0.1) is 11.8 Å². The van der Waals surface area contributed by atoms with E-state index in [1.165, 1.54) is 11.1 Å². The molecule has 2 aliphatic rings. The first-order chi connectivity index (χ1) is 10.1. The molecule has 5 nitrogen and oxygen atoms in total. The number of hydrogen-bond donors (Lipinski definition) is 2. The van der Waals surface area contributed by atoms with E-state index < -0.39 is 11.9 Å². The number of carbonyl (C=O) groups is 2. The average Bonchev–Trinajstić information content (AvgIpc) is 3.28. The van der Waals surface area contributed by atoms with Crippen molar-refractivity contribution in [3.63, 3.8) is 0 Å². The van der Waals surface area contributed by atoms with Crippen molar-refractivity contribution in [2.45, 2.75) is 19.4 Å². The fourth-order valence-corrected chi connectivity index (χ4v) is 2.97. The van der Waals surface area contributed by atoms with Crippen LogP contribution in [0.25, 0.3) is 0 Å². The summed E-state index contributed by atoms with van der Waals surface area (Å²) < 4.78 is 0. The Morgan fingerprint density at radius 2 is 2.00 bits per heavy atom. The Bertz CT molecular complexity index is 558. The third-order valence-electron chi connectivity index (χ3n) is 4.38. The second kappa shape index (κ2) is 5.85. The van der Waals surface area contributed by atoms with Gasteiger partial charge in [-0.15, -0.1) is 0 Å². The highest BCUT2D eigenvalue weighted by molar-refractivity contribution is 5.89. The van der Waals surface area contributed by atoms with Gasteiger partial charge in [-0.3, -0.25) is 14.5 Å². The van der Waals surface area contributed by atoms with Crippen LogP contribution in [-0.4, -0.2) is 41.5 Å². The quantitative estimate of drug-likeness (QED) is 0.844. The van der Waals surface area contributed by atoms with Gasteiger partial charge >= 0.3 is 5.97 Å². The zero-order valence-electron chi connectivity index (χ0n) is 11.9. The summed E-state index contributed by atoms with van der Waals surface area (Å²) in [6, 6.07) is 8.46. The number of fused-ring (bicyclic) bond motifs is 1. The highest BCUT2D eigenvalue weighted by atomic mass is 16.4. The van der Waals surface area contributed by atoms with Crippen molar-refractivity contribution in [1.82, 2.24) is 10.2 Å². The lowest BCUT2D eigenvalue weighted by Crippen LogP contribution is -2.38. The lowest BCUT2D eigenvalue weighted by Gasteiger charge is -2.28. The molecule has 112 valence electrons. The number of amides is 1. The van der Waals surface area contributed by atoms with Gasteiger partial charge in [-0.1, -0.05) is 24.3 Å². The minimum absolute atomic E-state index is 0.111. The molecule has 2 unspecified atom stereocenters. The Morgan fingerprint density at radius 3 is 2.71 bits per heavy atom. The number of nitrogens with one attached hydrogen (secondary N) is 1. The highest BCUT2D eigenvalue weighted by Crippen LogP contribution is 2.38. The molecule has 0 saturated heterocycles. The molecule has 2 N–H and O–H groups in total. The van der Waals surface area contributed by atoms with Crippen molar-refractivity contribution in [3.8, 4) is 0 Å². The first-order valence-corrected chi connectivity index (χ1v) is 7.45. The van der Waals surface area contributed by atoms with Crippen molar-refractivity contribution in [2.24, 2.45) is 11.8 Å². The van der Waals surface area contributed by atoms with Gasteiger partial charge in [0.25, 0.3) is 0 Å². The topological polar surface area (TPSA) is 69.6 Å². The van der Waals surface area contributed by atoms with Crippen molar-refractivity contribution >= 4 is 11.9 Å². The van der Waals surface area contributed by atoms with Gasteiger partial charge in [-0.2, -0.15) is 0 Å². The van der Waals surface area contributed by atoms with Crippen LogP contribution in [0.4, 0.5) is 0 Å². The van der Waals surface area contributed by atoms with E-state index in [0.717, 1.165) is 26.1 Å². The molecule has 2 atom stereocenters. The van der Waals surface area contributed by atoms with Crippen LogP contribution in [0.3, 0.4) is 0 Å². The predicted molar refractivity (Wildman–Crippen MR) is 77.7 cm³/mol. The van der Waals surface area contributed by atoms with Gasteiger partial charge in [0.1, 0.15) is 0 Å². The Morgan fingerprint density at radius 1 is 1.24 bits per heavy atom. The van der Waals surface area contributed by atoms with Gasteiger partial charge in [0.15, 0.2) is 0 Å². The first kappa shape index (κ1) is 14.1. The minimum Gasteiger partial charge on any atom is -0.481 e. The molecule has 1 aromatic rings. The molecule has 5 heteroatoms. The summed E-state index contributed by atoms with van der Waals surface area (Å²) in [6.07, 6.45) is 1.53. The summed E-state index contributed by atoms with van der Waals surface area (Å²) in [5.41, 5.74) is 2.78. The van der Waals surface area contributed by atoms with E-state index in [2.05, 4.69) is 34.5 Å². The smallest absolute Gasteiger partial charge is 0.307 e. The maximum atomic E-state index is 11.8. The summed E-state index contributed by atoms with van der Waals surface area (Å²) in [5.74, 6) is -1.75. The zero-order chi connectivity index (χ0) is 14.8. The Balaban J connectivity index is 1.41. The first-order valence-electron chi connectivity index (χ1n) is 7.45. The number of hydrogen-bond acceptors (Lipinski definition) is 3. The molecule has 1 aliphatic heterocycles. The molecule has 21 heavy (non-hydrogen) atoms. The van der Waals surface area contributed by atoms with Gasteiger partial charge in [0.2, 0.25) is 5.91 Å². The summed E-state index contributed by atoms with van der Waals surface area (Å²) in [4.78, 5) is 24.8. The molecular formula is C16H20N2O3. The summed E-state index contributed by atoms with van der Waals surface area (Å²) >= 11 is 0. The van der Waals surface area contributed by atoms with Gasteiger partial charge in [0, 0.05) is 26.2 Å². The largest absolute Gasteiger partial charge is 0.481 e. The Hall–Kier alpha value is -1.88. The van der Waals surface area contributed by atoms with Gasteiger partial charge < -0.3 is 10.4 Å². The van der Waals surface area contributed by atoms with Crippen LogP contribution in [0.5, 0.6) is 0 Å². The van der Waals surface area contributed by atoms with Crippen molar-refractivity contribution in [3.05, 3.63) is 35.4 Å². The second-order valence-electron chi connectivity index (χ2n) is 5.87. The zero-order valence-corrected chi connectivity index (χ0v) is 11.9.